The molecule has 1 radical (unpaired) electrons. The Morgan fingerprint density at radius 3 is 2.33 bits per heavy atom. The predicted octanol–water partition coefficient (Wildman–Crippen LogP) is 11.1. The van der Waals surface area contributed by atoms with E-state index in [2.05, 4.69) is 27.1 Å². The monoisotopic (exact) mass is 807 g/mol. The molecule has 0 fully saturated rings. The van der Waals surface area contributed by atoms with Gasteiger partial charge in [-0.1, -0.05) is 86.3 Å². The molecule has 0 saturated heterocycles. The van der Waals surface area contributed by atoms with Crippen molar-refractivity contribution in [1.82, 2.24) is 15.0 Å². The Balaban J connectivity index is 0.000000179. The van der Waals surface area contributed by atoms with Crippen LogP contribution in [0.4, 0.5) is 0 Å². The number of hydrogen-bond acceptors (Lipinski definition) is 4. The Hall–Kier alpha value is -4.96. The molecule has 0 aliphatic rings. The van der Waals surface area contributed by atoms with Gasteiger partial charge in [-0.3, -0.25) is 4.98 Å². The molecule has 0 bridgehead atoms. The topological polar surface area (TPSA) is 51.8 Å². The van der Waals surface area contributed by atoms with Crippen molar-refractivity contribution < 1.29 is 31.4 Å². The van der Waals surface area contributed by atoms with Crippen molar-refractivity contribution in [3.63, 3.8) is 0 Å². The number of aryl methyl sites for hydroxylation is 1. The van der Waals surface area contributed by atoms with Gasteiger partial charge in [-0.05, 0) is 64.4 Å². The summed E-state index contributed by atoms with van der Waals surface area (Å²) < 4.78 is 45.5. The molecular formula is C43H35IrN3O-2. The van der Waals surface area contributed by atoms with Gasteiger partial charge >= 0.3 is 0 Å². The quantitative estimate of drug-likeness (QED) is 0.166. The van der Waals surface area contributed by atoms with Crippen molar-refractivity contribution in [2.24, 2.45) is 5.41 Å². The van der Waals surface area contributed by atoms with Crippen LogP contribution < -0.4 is 0 Å². The van der Waals surface area contributed by atoms with Gasteiger partial charge < -0.3 is 14.4 Å². The van der Waals surface area contributed by atoms with Gasteiger partial charge in [-0.2, -0.15) is 0 Å². The third-order valence-corrected chi connectivity index (χ3v) is 7.72. The fourth-order valence-electron chi connectivity index (χ4n) is 5.59. The molecule has 5 heteroatoms. The summed E-state index contributed by atoms with van der Waals surface area (Å²) in [6.45, 7) is 3.60. The summed E-state index contributed by atoms with van der Waals surface area (Å²) >= 11 is 0. The van der Waals surface area contributed by atoms with Gasteiger partial charge in [0.15, 0.2) is 0 Å². The van der Waals surface area contributed by atoms with E-state index in [1.165, 1.54) is 6.20 Å². The molecular weight excluding hydrogens is 767 g/mol. The second-order valence-electron chi connectivity index (χ2n) is 12.3. The molecule has 0 aliphatic heterocycles. The van der Waals surface area contributed by atoms with Crippen LogP contribution in [0, 0.1) is 24.4 Å². The average molecular weight is 807 g/mol. The van der Waals surface area contributed by atoms with E-state index in [9.17, 15) is 0 Å². The average Bonchev–Trinajstić information content (AvgIpc) is 3.54. The van der Waals surface area contributed by atoms with Gasteiger partial charge in [0, 0.05) is 67.9 Å². The van der Waals surface area contributed by atoms with E-state index in [0.29, 0.717) is 22.4 Å². The first-order valence-corrected chi connectivity index (χ1v) is 15.4. The maximum absolute atomic E-state index is 8.39. The summed E-state index contributed by atoms with van der Waals surface area (Å²) in [5, 5.41) is 3.99. The minimum absolute atomic E-state index is 0. The van der Waals surface area contributed by atoms with Crippen LogP contribution >= 0.6 is 0 Å². The molecule has 4 nitrogen and oxygen atoms in total. The Morgan fingerprint density at radius 1 is 0.729 bits per heavy atom. The van der Waals surface area contributed by atoms with E-state index in [4.69, 9.17) is 11.3 Å². The Morgan fingerprint density at radius 2 is 1.58 bits per heavy atom. The van der Waals surface area contributed by atoms with Gasteiger partial charge in [0.25, 0.3) is 0 Å². The molecule has 0 aliphatic carbocycles. The van der Waals surface area contributed by atoms with Gasteiger partial charge in [-0.25, -0.2) is 0 Å². The summed E-state index contributed by atoms with van der Waals surface area (Å²) in [5.74, 6) is 0. The van der Waals surface area contributed by atoms with Crippen LogP contribution in [0.15, 0.2) is 132 Å². The summed E-state index contributed by atoms with van der Waals surface area (Å²) in [6.07, 6.45) is 5.36. The van der Waals surface area contributed by atoms with Crippen LogP contribution in [0.3, 0.4) is 0 Å². The molecule has 0 spiro atoms. The largest absolute Gasteiger partial charge is 0.500 e. The molecule has 48 heavy (non-hydrogen) atoms. The fraction of sp³-hybridized carbons (Fsp3) is 0.140. The Kier molecular flexibility index (Phi) is 7.90. The van der Waals surface area contributed by atoms with Crippen LogP contribution in [0.1, 0.15) is 38.8 Å². The van der Waals surface area contributed by atoms with Gasteiger partial charge in [0.05, 0.1) is 5.58 Å². The molecule has 4 heterocycles. The van der Waals surface area contributed by atoms with Crippen molar-refractivity contribution in [3.8, 4) is 33.6 Å². The summed E-state index contributed by atoms with van der Waals surface area (Å²) in [6, 6.07) is 39.0. The molecule has 0 atom stereocenters. The molecule has 4 aromatic heterocycles. The first-order chi connectivity index (χ1) is 24.8. The minimum Gasteiger partial charge on any atom is -0.500 e. The second kappa shape index (κ2) is 14.0. The smallest absolute Gasteiger partial charge is 0.128 e. The maximum atomic E-state index is 8.39. The molecule has 0 saturated carbocycles. The number of rotatable bonds is 4. The number of pyridine rings is 3. The van der Waals surface area contributed by atoms with Crippen molar-refractivity contribution in [1.29, 1.82) is 0 Å². The van der Waals surface area contributed by atoms with E-state index in [1.807, 2.05) is 118 Å². The molecule has 0 unspecified atom stereocenters. The van der Waals surface area contributed by atoms with Crippen LogP contribution in [-0.2, 0) is 26.5 Å². The predicted molar refractivity (Wildman–Crippen MR) is 193 cm³/mol. The molecule has 0 N–H and O–H groups in total. The van der Waals surface area contributed by atoms with Gasteiger partial charge in [0.1, 0.15) is 5.58 Å². The standard InChI is InChI=1S/C22H22N.C21H13N2O.Ir/c1-22(2,3)16-17-9-11-18(12-10-17)20-13-14-23-21(15-20)19-7-5-4-6-8-19;1-13-5-8-19(23-11-13)18-4-2-3-16-17-7-6-14-12-22-10-9-15(14)20(17)24-21(16)18;/h4-7,9-15H,16H2,1-3H3;2-3,5-12H,1H3;/q2*-1;/i16D2;1D3;. The minimum atomic E-state index is -2.17. The molecule has 8 rings (SSSR count). The summed E-state index contributed by atoms with van der Waals surface area (Å²) in [5.41, 5.74) is 7.23. The molecule has 0 amide bonds. The SMILES string of the molecule is [2H]C([2H])([2H])c1ccc(-c2[c-]ccc3c2oc2c4ccncc4ccc32)nc1.[2H]C([2H])(c1ccc(-c2ccnc(-c3[c-]cccc3)c2)cc1)C(C)(C)C.[Ir]. The first-order valence-electron chi connectivity index (χ1n) is 17.9. The number of furan rings is 1. The number of aromatic nitrogens is 3. The van der Waals surface area contributed by atoms with Crippen molar-refractivity contribution in [2.75, 3.05) is 0 Å². The normalized spacial score (nSPS) is 13.4. The number of hydrogen-bond donors (Lipinski definition) is 0. The van der Waals surface area contributed by atoms with Crippen molar-refractivity contribution in [3.05, 3.63) is 151 Å². The fourth-order valence-corrected chi connectivity index (χ4v) is 5.59. The van der Waals surface area contributed by atoms with E-state index in [1.54, 1.807) is 24.5 Å². The van der Waals surface area contributed by atoms with E-state index in [-0.39, 0.29) is 25.7 Å². The van der Waals surface area contributed by atoms with Crippen molar-refractivity contribution in [2.45, 2.75) is 34.0 Å². The number of fused-ring (bicyclic) bond motifs is 5. The van der Waals surface area contributed by atoms with Crippen LogP contribution in [0.2, 0.25) is 0 Å². The van der Waals surface area contributed by atoms with Crippen LogP contribution in [-0.4, -0.2) is 15.0 Å². The van der Waals surface area contributed by atoms with E-state index >= 15 is 0 Å². The summed E-state index contributed by atoms with van der Waals surface area (Å²) in [7, 11) is 0. The maximum Gasteiger partial charge on any atom is 0.128 e. The zero-order chi connectivity index (χ0) is 36.7. The number of nitrogens with zero attached hydrogens (tertiary/aromatic N) is 3. The Labute approximate surface area is 302 Å². The van der Waals surface area contributed by atoms with Crippen LogP contribution in [0.5, 0.6) is 0 Å². The van der Waals surface area contributed by atoms with Crippen LogP contribution in [0.25, 0.3) is 66.4 Å². The zero-order valence-electron chi connectivity index (χ0n) is 31.7. The molecule has 4 aromatic carbocycles. The Bertz CT molecular complexity index is 2510. The number of benzene rings is 4. The van der Waals surface area contributed by atoms with Crippen molar-refractivity contribution >= 4 is 32.7 Å². The van der Waals surface area contributed by atoms with E-state index < -0.39 is 18.6 Å². The van der Waals surface area contributed by atoms with Gasteiger partial charge in [-0.15, -0.1) is 54.1 Å². The van der Waals surface area contributed by atoms with Gasteiger partial charge in [0.2, 0.25) is 0 Å². The first kappa shape index (κ1) is 27.0. The molecule has 8 aromatic rings. The molecule has 239 valence electrons. The second-order valence-corrected chi connectivity index (χ2v) is 12.3. The summed E-state index contributed by atoms with van der Waals surface area (Å²) in [4.78, 5) is 12.9. The third kappa shape index (κ3) is 7.13. The third-order valence-electron chi connectivity index (χ3n) is 7.72. The van der Waals surface area contributed by atoms with E-state index in [0.717, 1.165) is 49.5 Å². The zero-order valence-corrected chi connectivity index (χ0v) is 29.1.